The highest BCUT2D eigenvalue weighted by Crippen LogP contribution is 2.31. The van der Waals surface area contributed by atoms with Gasteiger partial charge in [-0.25, -0.2) is 4.98 Å². The fourth-order valence-electron chi connectivity index (χ4n) is 2.54. The van der Waals surface area contributed by atoms with Crippen molar-refractivity contribution in [3.63, 3.8) is 0 Å². The van der Waals surface area contributed by atoms with Gasteiger partial charge in [0.25, 0.3) is 0 Å². The van der Waals surface area contributed by atoms with E-state index in [9.17, 15) is 0 Å². The zero-order valence-electron chi connectivity index (χ0n) is 11.7. The molecule has 0 aliphatic rings. The van der Waals surface area contributed by atoms with Crippen LogP contribution in [0.2, 0.25) is 0 Å². The quantitative estimate of drug-likeness (QED) is 0.768. The number of nitrogens with zero attached hydrogens (tertiary/aromatic N) is 1. The molecule has 4 N–H and O–H groups in total. The van der Waals surface area contributed by atoms with Gasteiger partial charge in [0.15, 0.2) is 0 Å². The highest BCUT2D eigenvalue weighted by atomic mass is 14.9. The van der Waals surface area contributed by atoms with Crippen LogP contribution in [0.1, 0.15) is 11.1 Å². The number of benzene rings is 2. The molecule has 0 radical (unpaired) electrons. The molecule has 0 unspecified atom stereocenters. The second-order valence-corrected chi connectivity index (χ2v) is 4.99. The Morgan fingerprint density at radius 3 is 2.10 bits per heavy atom. The maximum Gasteiger partial charge on any atom is 0.133 e. The van der Waals surface area contributed by atoms with Gasteiger partial charge in [-0.2, -0.15) is 0 Å². The maximum absolute atomic E-state index is 6.12. The van der Waals surface area contributed by atoms with E-state index in [-0.39, 0.29) is 0 Å². The molecule has 3 rings (SSSR count). The van der Waals surface area contributed by atoms with Crippen LogP contribution in [-0.2, 0) is 6.42 Å². The summed E-state index contributed by atoms with van der Waals surface area (Å²) in [4.78, 5) is 4.21. The van der Waals surface area contributed by atoms with Gasteiger partial charge < -0.3 is 11.5 Å². The number of anilines is 2. The SMILES string of the molecule is Nc1cc(Cc2ccccc2)c(-c2ccccc2)c(N)n1. The summed E-state index contributed by atoms with van der Waals surface area (Å²) in [5.41, 5.74) is 16.3. The summed E-state index contributed by atoms with van der Waals surface area (Å²) in [5, 5.41) is 0. The molecule has 3 nitrogen and oxygen atoms in total. The summed E-state index contributed by atoms with van der Waals surface area (Å²) in [6, 6.07) is 22.2. The molecule has 0 spiro atoms. The van der Waals surface area contributed by atoms with Crippen LogP contribution < -0.4 is 11.5 Å². The highest BCUT2D eigenvalue weighted by Gasteiger charge is 2.12. The first-order valence-corrected chi connectivity index (χ1v) is 6.88. The Balaban J connectivity index is 2.11. The topological polar surface area (TPSA) is 64.9 Å². The zero-order chi connectivity index (χ0) is 14.7. The third-order valence-corrected chi connectivity index (χ3v) is 3.45. The minimum Gasteiger partial charge on any atom is -0.384 e. The number of nitrogens with two attached hydrogens (primary N) is 2. The van der Waals surface area contributed by atoms with E-state index in [1.807, 2.05) is 54.6 Å². The first kappa shape index (κ1) is 13.2. The van der Waals surface area contributed by atoms with Crippen LogP contribution in [0, 0.1) is 0 Å². The Morgan fingerprint density at radius 2 is 1.43 bits per heavy atom. The van der Waals surface area contributed by atoms with Crippen molar-refractivity contribution >= 4 is 11.6 Å². The third kappa shape index (κ3) is 2.87. The van der Waals surface area contributed by atoms with Crippen LogP contribution in [0.5, 0.6) is 0 Å². The molecule has 0 fully saturated rings. The number of hydrogen-bond donors (Lipinski definition) is 2. The minimum absolute atomic E-state index is 0.457. The van der Waals surface area contributed by atoms with Gasteiger partial charge in [0, 0.05) is 5.56 Å². The molecule has 0 saturated carbocycles. The van der Waals surface area contributed by atoms with Crippen molar-refractivity contribution in [2.75, 3.05) is 11.5 Å². The van der Waals surface area contributed by atoms with E-state index in [4.69, 9.17) is 11.5 Å². The second-order valence-electron chi connectivity index (χ2n) is 4.99. The highest BCUT2D eigenvalue weighted by molar-refractivity contribution is 5.78. The molecule has 1 aromatic heterocycles. The summed E-state index contributed by atoms with van der Waals surface area (Å²) in [6.07, 6.45) is 0.780. The Morgan fingerprint density at radius 1 is 0.810 bits per heavy atom. The average molecular weight is 275 g/mol. The van der Waals surface area contributed by atoms with Crippen molar-refractivity contribution in [1.82, 2.24) is 4.98 Å². The summed E-state index contributed by atoms with van der Waals surface area (Å²) >= 11 is 0. The standard InChI is InChI=1S/C18H17N3/c19-16-12-15(11-13-7-3-1-4-8-13)17(18(20)21-16)14-9-5-2-6-10-14/h1-10,12H,11H2,(H4,19,20,21). The molecule has 21 heavy (non-hydrogen) atoms. The van der Waals surface area contributed by atoms with Gasteiger partial charge >= 0.3 is 0 Å². The number of rotatable bonds is 3. The predicted octanol–water partition coefficient (Wildman–Crippen LogP) is 3.50. The van der Waals surface area contributed by atoms with Crippen LogP contribution in [0.15, 0.2) is 66.7 Å². The van der Waals surface area contributed by atoms with E-state index in [2.05, 4.69) is 17.1 Å². The summed E-state index contributed by atoms with van der Waals surface area (Å²) < 4.78 is 0. The van der Waals surface area contributed by atoms with E-state index in [0.717, 1.165) is 23.1 Å². The number of pyridine rings is 1. The van der Waals surface area contributed by atoms with E-state index >= 15 is 0 Å². The molecule has 3 heteroatoms. The molecule has 1 heterocycles. The van der Waals surface area contributed by atoms with Gasteiger partial charge in [-0.15, -0.1) is 0 Å². The predicted molar refractivity (Wildman–Crippen MR) is 87.7 cm³/mol. The maximum atomic E-state index is 6.12. The minimum atomic E-state index is 0.457. The van der Waals surface area contributed by atoms with E-state index < -0.39 is 0 Å². The fraction of sp³-hybridized carbons (Fsp3) is 0.0556. The molecule has 0 amide bonds. The van der Waals surface area contributed by atoms with Crippen molar-refractivity contribution in [3.8, 4) is 11.1 Å². The summed E-state index contributed by atoms with van der Waals surface area (Å²) in [7, 11) is 0. The lowest BCUT2D eigenvalue weighted by Crippen LogP contribution is -2.03. The van der Waals surface area contributed by atoms with Crippen molar-refractivity contribution in [2.45, 2.75) is 6.42 Å². The smallest absolute Gasteiger partial charge is 0.133 e. The normalized spacial score (nSPS) is 10.5. The van der Waals surface area contributed by atoms with Crippen molar-refractivity contribution in [3.05, 3.63) is 77.9 Å². The molecular formula is C18H17N3. The van der Waals surface area contributed by atoms with Crippen molar-refractivity contribution < 1.29 is 0 Å². The van der Waals surface area contributed by atoms with Crippen molar-refractivity contribution in [1.29, 1.82) is 0 Å². The Bertz CT molecular complexity index is 737. The van der Waals surface area contributed by atoms with Crippen molar-refractivity contribution in [2.24, 2.45) is 0 Å². The first-order valence-electron chi connectivity index (χ1n) is 6.88. The summed E-state index contributed by atoms with van der Waals surface area (Å²) in [6.45, 7) is 0. The molecule has 0 saturated heterocycles. The van der Waals surface area contributed by atoms with E-state index in [1.165, 1.54) is 5.56 Å². The Labute approximate surface area is 124 Å². The molecule has 0 aliphatic heterocycles. The number of hydrogen-bond acceptors (Lipinski definition) is 3. The van der Waals surface area contributed by atoms with Gasteiger partial charge in [0.1, 0.15) is 11.6 Å². The Kier molecular flexibility index (Phi) is 3.56. The van der Waals surface area contributed by atoms with Crippen LogP contribution in [0.25, 0.3) is 11.1 Å². The lowest BCUT2D eigenvalue weighted by molar-refractivity contribution is 1.17. The van der Waals surface area contributed by atoms with Crippen LogP contribution >= 0.6 is 0 Å². The lowest BCUT2D eigenvalue weighted by atomic mass is 9.95. The summed E-state index contributed by atoms with van der Waals surface area (Å²) in [5.74, 6) is 0.935. The number of aromatic nitrogens is 1. The van der Waals surface area contributed by atoms with Gasteiger partial charge in [0.05, 0.1) is 0 Å². The van der Waals surface area contributed by atoms with Crippen LogP contribution in [0.4, 0.5) is 11.6 Å². The van der Waals surface area contributed by atoms with E-state index in [0.29, 0.717) is 11.6 Å². The molecule has 0 aliphatic carbocycles. The monoisotopic (exact) mass is 275 g/mol. The zero-order valence-corrected chi connectivity index (χ0v) is 11.7. The molecule has 104 valence electrons. The molecule has 0 atom stereocenters. The third-order valence-electron chi connectivity index (χ3n) is 3.45. The molecular weight excluding hydrogens is 258 g/mol. The molecule has 3 aromatic rings. The largest absolute Gasteiger partial charge is 0.384 e. The average Bonchev–Trinajstić information content (AvgIpc) is 2.48. The lowest BCUT2D eigenvalue weighted by Gasteiger charge is -2.13. The second kappa shape index (κ2) is 5.67. The van der Waals surface area contributed by atoms with Gasteiger partial charge in [0.2, 0.25) is 0 Å². The van der Waals surface area contributed by atoms with Gasteiger partial charge in [-0.1, -0.05) is 60.7 Å². The molecule has 0 bridgehead atoms. The van der Waals surface area contributed by atoms with E-state index in [1.54, 1.807) is 0 Å². The number of nitrogen functional groups attached to an aromatic ring is 2. The van der Waals surface area contributed by atoms with Crippen LogP contribution in [0.3, 0.4) is 0 Å². The first-order chi connectivity index (χ1) is 10.2. The molecule has 2 aromatic carbocycles. The van der Waals surface area contributed by atoms with Crippen LogP contribution in [-0.4, -0.2) is 4.98 Å². The van der Waals surface area contributed by atoms with Gasteiger partial charge in [-0.3, -0.25) is 0 Å². The Hall–Kier alpha value is -2.81. The van der Waals surface area contributed by atoms with Gasteiger partial charge in [-0.05, 0) is 29.2 Å². The fourth-order valence-corrected chi connectivity index (χ4v) is 2.54.